The van der Waals surface area contributed by atoms with Crippen LogP contribution in [0, 0.1) is 0 Å². The molecule has 0 unspecified atom stereocenters. The van der Waals surface area contributed by atoms with E-state index in [4.69, 9.17) is 0 Å². The second-order valence-electron chi connectivity index (χ2n) is 5.07. The molecule has 20 heavy (non-hydrogen) atoms. The number of alkyl halides is 3. The lowest BCUT2D eigenvalue weighted by Gasteiger charge is -2.26. The molecule has 0 saturated carbocycles. The third kappa shape index (κ3) is 3.23. The number of aryl methyl sites for hydroxylation is 1. The molecular weight excluding hydrogens is 273 g/mol. The van der Waals surface area contributed by atoms with E-state index in [0.29, 0.717) is 12.5 Å². The van der Waals surface area contributed by atoms with Crippen LogP contribution in [0.1, 0.15) is 30.8 Å². The Hall–Kier alpha value is -1.73. The predicted molar refractivity (Wildman–Crippen MR) is 67.6 cm³/mol. The number of anilines is 1. The molecule has 0 bridgehead atoms. The summed E-state index contributed by atoms with van der Waals surface area (Å²) in [6.45, 7) is 3.31. The van der Waals surface area contributed by atoms with Crippen molar-refractivity contribution in [1.29, 1.82) is 0 Å². The predicted octanol–water partition coefficient (Wildman–Crippen LogP) is 2.11. The van der Waals surface area contributed by atoms with Gasteiger partial charge >= 0.3 is 6.18 Å². The number of rotatable bonds is 3. The van der Waals surface area contributed by atoms with Crippen LogP contribution >= 0.6 is 0 Å². The number of aromatic nitrogens is 2. The molecule has 0 aromatic carbocycles. The van der Waals surface area contributed by atoms with Gasteiger partial charge in [0.25, 0.3) is 5.91 Å². The lowest BCUT2D eigenvalue weighted by atomic mass is 10.2. The van der Waals surface area contributed by atoms with Crippen LogP contribution in [0.3, 0.4) is 0 Å². The van der Waals surface area contributed by atoms with Gasteiger partial charge in [0.1, 0.15) is 12.2 Å². The molecule has 0 spiro atoms. The van der Waals surface area contributed by atoms with Gasteiger partial charge in [-0.05, 0) is 20.3 Å². The third-order valence-corrected chi connectivity index (χ3v) is 3.09. The van der Waals surface area contributed by atoms with Gasteiger partial charge < -0.3 is 14.8 Å². The van der Waals surface area contributed by atoms with Gasteiger partial charge in [-0.25, -0.2) is 4.98 Å². The van der Waals surface area contributed by atoms with Gasteiger partial charge in [-0.1, -0.05) is 0 Å². The number of nitrogens with zero attached hydrogens (tertiary/aromatic N) is 3. The van der Waals surface area contributed by atoms with E-state index in [1.54, 1.807) is 18.4 Å². The lowest BCUT2D eigenvalue weighted by Crippen LogP contribution is -2.43. The first kappa shape index (κ1) is 14.7. The summed E-state index contributed by atoms with van der Waals surface area (Å²) < 4.78 is 39.4. The van der Waals surface area contributed by atoms with Crippen molar-refractivity contribution in [3.05, 3.63) is 11.9 Å². The summed E-state index contributed by atoms with van der Waals surface area (Å²) in [7, 11) is 0. The smallest absolute Gasteiger partial charge is 0.356 e. The molecule has 8 heteroatoms. The molecule has 1 aromatic heterocycles. The second kappa shape index (κ2) is 5.34. The minimum atomic E-state index is -4.42. The molecule has 1 amide bonds. The van der Waals surface area contributed by atoms with E-state index >= 15 is 0 Å². The highest BCUT2D eigenvalue weighted by atomic mass is 19.4. The van der Waals surface area contributed by atoms with E-state index in [-0.39, 0.29) is 5.69 Å². The molecule has 0 fully saturated rings. The summed E-state index contributed by atoms with van der Waals surface area (Å²) in [6.07, 6.45) is -2.01. The number of halogens is 3. The summed E-state index contributed by atoms with van der Waals surface area (Å²) in [6, 6.07) is -0.546. The maximum Gasteiger partial charge on any atom is 0.406 e. The van der Waals surface area contributed by atoms with Crippen molar-refractivity contribution in [3.8, 4) is 0 Å². The number of amides is 1. The standard InChI is InChI=1S/C12H17F3N4O/c1-8(2)19(7-12(13,14)15)10(20)9-6-18-5-3-4-16-11(18)17-9/h6,8H,3-5,7H2,1-2H3,(H,16,17). The molecular formula is C12H17F3N4O. The molecule has 5 nitrogen and oxygen atoms in total. The van der Waals surface area contributed by atoms with Gasteiger partial charge in [0.05, 0.1) is 0 Å². The molecule has 112 valence electrons. The number of fused-ring (bicyclic) bond motifs is 1. The first-order chi connectivity index (χ1) is 9.28. The summed E-state index contributed by atoms with van der Waals surface area (Å²) in [5.41, 5.74) is 0.0485. The Kier molecular flexibility index (Phi) is 3.92. The number of carbonyl (C=O) groups is 1. The average molecular weight is 290 g/mol. The Bertz CT molecular complexity index is 472. The van der Waals surface area contributed by atoms with Crippen LogP contribution in [-0.2, 0) is 6.54 Å². The van der Waals surface area contributed by atoms with Crippen LogP contribution in [0.25, 0.3) is 0 Å². The highest BCUT2D eigenvalue weighted by molar-refractivity contribution is 5.92. The zero-order valence-corrected chi connectivity index (χ0v) is 11.4. The maximum atomic E-state index is 12.5. The SMILES string of the molecule is CC(C)N(CC(F)(F)F)C(=O)c1cn2c(n1)NCCC2. The minimum Gasteiger partial charge on any atom is -0.356 e. The Labute approximate surface area is 114 Å². The summed E-state index contributed by atoms with van der Waals surface area (Å²) in [5, 5.41) is 3.01. The molecule has 2 heterocycles. The minimum absolute atomic E-state index is 0.0485. The fourth-order valence-corrected chi connectivity index (χ4v) is 2.11. The van der Waals surface area contributed by atoms with Crippen molar-refractivity contribution in [1.82, 2.24) is 14.5 Å². The van der Waals surface area contributed by atoms with Crippen molar-refractivity contribution in [3.63, 3.8) is 0 Å². The van der Waals surface area contributed by atoms with E-state index in [1.165, 1.54) is 6.20 Å². The number of hydrogen-bond acceptors (Lipinski definition) is 3. The van der Waals surface area contributed by atoms with E-state index < -0.39 is 24.7 Å². The summed E-state index contributed by atoms with van der Waals surface area (Å²) >= 11 is 0. The molecule has 1 aliphatic rings. The van der Waals surface area contributed by atoms with E-state index in [1.807, 2.05) is 0 Å². The number of nitrogens with one attached hydrogen (secondary N) is 1. The monoisotopic (exact) mass is 290 g/mol. The van der Waals surface area contributed by atoms with Gasteiger partial charge in [-0.3, -0.25) is 4.79 Å². The molecule has 0 aliphatic carbocycles. The van der Waals surface area contributed by atoms with Crippen LogP contribution in [0.4, 0.5) is 19.1 Å². The first-order valence-corrected chi connectivity index (χ1v) is 6.46. The van der Waals surface area contributed by atoms with Crippen molar-refractivity contribution < 1.29 is 18.0 Å². The quantitative estimate of drug-likeness (QED) is 0.927. The Morgan fingerprint density at radius 1 is 1.55 bits per heavy atom. The molecule has 0 saturated heterocycles. The van der Waals surface area contributed by atoms with Crippen LogP contribution < -0.4 is 5.32 Å². The largest absolute Gasteiger partial charge is 0.406 e. The Morgan fingerprint density at radius 3 is 2.80 bits per heavy atom. The van der Waals surface area contributed by atoms with Gasteiger partial charge in [-0.15, -0.1) is 0 Å². The van der Waals surface area contributed by atoms with Crippen LogP contribution in [-0.4, -0.2) is 45.7 Å². The Balaban J connectivity index is 2.21. The molecule has 1 N–H and O–H groups in total. The molecule has 0 atom stereocenters. The maximum absolute atomic E-state index is 12.5. The molecule has 1 aliphatic heterocycles. The van der Waals surface area contributed by atoms with Gasteiger partial charge in [0.2, 0.25) is 5.95 Å². The second-order valence-corrected chi connectivity index (χ2v) is 5.07. The zero-order valence-electron chi connectivity index (χ0n) is 11.4. The highest BCUT2D eigenvalue weighted by Crippen LogP contribution is 2.21. The number of carbonyl (C=O) groups excluding carboxylic acids is 1. The van der Waals surface area contributed by atoms with E-state index in [0.717, 1.165) is 17.9 Å². The highest BCUT2D eigenvalue weighted by Gasteiger charge is 2.35. The fourth-order valence-electron chi connectivity index (χ4n) is 2.11. The van der Waals surface area contributed by atoms with Crippen LogP contribution in [0.5, 0.6) is 0 Å². The number of hydrogen-bond donors (Lipinski definition) is 1. The van der Waals surface area contributed by atoms with Crippen molar-refractivity contribution in [2.24, 2.45) is 0 Å². The Morgan fingerprint density at radius 2 is 2.25 bits per heavy atom. The third-order valence-electron chi connectivity index (χ3n) is 3.09. The van der Waals surface area contributed by atoms with Crippen molar-refractivity contribution in [2.75, 3.05) is 18.4 Å². The van der Waals surface area contributed by atoms with Gasteiger partial charge in [-0.2, -0.15) is 13.2 Å². The van der Waals surface area contributed by atoms with Crippen molar-refractivity contribution >= 4 is 11.9 Å². The van der Waals surface area contributed by atoms with Crippen molar-refractivity contribution in [2.45, 2.75) is 39.0 Å². The molecule has 0 radical (unpaired) electrons. The van der Waals surface area contributed by atoms with Crippen LogP contribution in [0.2, 0.25) is 0 Å². The lowest BCUT2D eigenvalue weighted by molar-refractivity contribution is -0.143. The van der Waals surface area contributed by atoms with Crippen LogP contribution in [0.15, 0.2) is 6.20 Å². The van der Waals surface area contributed by atoms with Gasteiger partial charge in [0, 0.05) is 25.3 Å². The van der Waals surface area contributed by atoms with E-state index in [2.05, 4.69) is 10.3 Å². The zero-order chi connectivity index (χ0) is 14.9. The fraction of sp³-hybridized carbons (Fsp3) is 0.667. The first-order valence-electron chi connectivity index (χ1n) is 6.46. The van der Waals surface area contributed by atoms with Gasteiger partial charge in [0.15, 0.2) is 0 Å². The topological polar surface area (TPSA) is 50.2 Å². The molecule has 1 aromatic rings. The summed E-state index contributed by atoms with van der Waals surface area (Å²) in [4.78, 5) is 17.1. The summed E-state index contributed by atoms with van der Waals surface area (Å²) in [5.74, 6) is -0.156. The average Bonchev–Trinajstić information content (AvgIpc) is 2.77. The molecule has 2 rings (SSSR count). The normalized spacial score (nSPS) is 14.9. The number of imidazole rings is 1. The van der Waals surface area contributed by atoms with E-state index in [9.17, 15) is 18.0 Å².